The van der Waals surface area contributed by atoms with Gasteiger partial charge in [0.05, 0.1) is 19.6 Å². The predicted octanol–water partition coefficient (Wildman–Crippen LogP) is 0.108. The summed E-state index contributed by atoms with van der Waals surface area (Å²) in [5.74, 6) is -0.921. The number of hydrogen-bond donors (Lipinski definition) is 1. The van der Waals surface area contributed by atoms with Crippen LogP contribution in [0.5, 0.6) is 0 Å². The fourth-order valence-corrected chi connectivity index (χ4v) is 1.31. The lowest BCUT2D eigenvalue weighted by Gasteiger charge is -2.27. The third-order valence-electron chi connectivity index (χ3n) is 2.39. The molecule has 0 spiro atoms. The Hall–Kier alpha value is -1.34. The van der Waals surface area contributed by atoms with Crippen molar-refractivity contribution in [3.05, 3.63) is 0 Å². The largest absolute Gasteiger partial charge is 0.481 e. The lowest BCUT2D eigenvalue weighted by atomic mass is 10.4. The Morgan fingerprint density at radius 3 is 1.94 bits per heavy atom. The maximum absolute atomic E-state index is 12.0. The van der Waals surface area contributed by atoms with Crippen LogP contribution in [-0.2, 0) is 14.3 Å². The van der Waals surface area contributed by atoms with Gasteiger partial charge in [0.1, 0.15) is 0 Å². The SMILES string of the molecule is COCCN(CCOC)C(=O)N(C)CCC(=O)O. The maximum atomic E-state index is 12.0. The Kier molecular flexibility index (Phi) is 8.95. The van der Waals surface area contributed by atoms with Crippen molar-refractivity contribution in [3.8, 4) is 0 Å². The van der Waals surface area contributed by atoms with Gasteiger partial charge in [0, 0.05) is 40.9 Å². The van der Waals surface area contributed by atoms with Crippen molar-refractivity contribution in [1.82, 2.24) is 9.80 Å². The molecule has 0 aromatic rings. The Bertz CT molecular complexity index is 252. The smallest absolute Gasteiger partial charge is 0.319 e. The van der Waals surface area contributed by atoms with Crippen LogP contribution in [0.2, 0.25) is 0 Å². The number of urea groups is 1. The molecule has 2 amide bonds. The average Bonchev–Trinajstić information content (AvgIpc) is 2.35. The molecule has 0 saturated carbocycles. The zero-order chi connectivity index (χ0) is 14.0. The summed E-state index contributed by atoms with van der Waals surface area (Å²) in [7, 11) is 4.71. The van der Waals surface area contributed by atoms with Crippen LogP contribution < -0.4 is 0 Å². The first-order valence-electron chi connectivity index (χ1n) is 5.72. The van der Waals surface area contributed by atoms with Gasteiger partial charge in [-0.25, -0.2) is 4.79 Å². The summed E-state index contributed by atoms with van der Waals surface area (Å²) in [5.41, 5.74) is 0. The highest BCUT2D eigenvalue weighted by Crippen LogP contribution is 1.99. The standard InChI is InChI=1S/C11H22N2O5/c1-12(5-4-10(14)15)11(16)13(6-8-17-2)7-9-18-3/h4-9H2,1-3H3,(H,14,15). The number of carboxylic acids is 1. The summed E-state index contributed by atoms with van der Waals surface area (Å²) in [6, 6.07) is -0.217. The number of aliphatic carboxylic acids is 1. The molecule has 0 aromatic carbocycles. The zero-order valence-corrected chi connectivity index (χ0v) is 11.2. The van der Waals surface area contributed by atoms with E-state index >= 15 is 0 Å². The second-order valence-corrected chi connectivity index (χ2v) is 3.82. The molecule has 0 aliphatic heterocycles. The van der Waals surface area contributed by atoms with Crippen molar-refractivity contribution >= 4 is 12.0 Å². The summed E-state index contributed by atoms with van der Waals surface area (Å²) in [6.45, 7) is 1.96. The Labute approximate surface area is 107 Å². The molecule has 0 aromatic heterocycles. The number of carbonyl (C=O) groups is 2. The van der Waals surface area contributed by atoms with E-state index in [2.05, 4.69) is 0 Å². The zero-order valence-electron chi connectivity index (χ0n) is 11.2. The average molecular weight is 262 g/mol. The first-order chi connectivity index (χ1) is 8.52. The molecule has 7 nitrogen and oxygen atoms in total. The van der Waals surface area contributed by atoms with Gasteiger partial charge < -0.3 is 24.4 Å². The van der Waals surface area contributed by atoms with Gasteiger partial charge in [0.25, 0.3) is 0 Å². The molecular formula is C11H22N2O5. The molecule has 0 heterocycles. The molecule has 0 rings (SSSR count). The van der Waals surface area contributed by atoms with Gasteiger partial charge in [-0.2, -0.15) is 0 Å². The highest BCUT2D eigenvalue weighted by molar-refractivity contribution is 5.75. The first-order valence-corrected chi connectivity index (χ1v) is 5.72. The minimum Gasteiger partial charge on any atom is -0.481 e. The van der Waals surface area contributed by atoms with Crippen LogP contribution in [0.4, 0.5) is 4.79 Å². The molecule has 1 N–H and O–H groups in total. The second-order valence-electron chi connectivity index (χ2n) is 3.82. The van der Waals surface area contributed by atoms with Gasteiger partial charge in [-0.1, -0.05) is 0 Å². The van der Waals surface area contributed by atoms with Crippen LogP contribution in [0, 0.1) is 0 Å². The van der Waals surface area contributed by atoms with Crippen LogP contribution in [-0.4, -0.2) is 81.0 Å². The van der Waals surface area contributed by atoms with Crippen LogP contribution in [0.15, 0.2) is 0 Å². The van der Waals surface area contributed by atoms with E-state index in [1.54, 1.807) is 26.2 Å². The van der Waals surface area contributed by atoms with Gasteiger partial charge >= 0.3 is 12.0 Å². The number of rotatable bonds is 9. The topological polar surface area (TPSA) is 79.3 Å². The highest BCUT2D eigenvalue weighted by atomic mass is 16.5. The first kappa shape index (κ1) is 16.7. The molecule has 0 aliphatic carbocycles. The molecule has 0 atom stereocenters. The van der Waals surface area contributed by atoms with E-state index < -0.39 is 5.97 Å². The number of ether oxygens (including phenoxy) is 2. The van der Waals surface area contributed by atoms with E-state index in [-0.39, 0.29) is 19.0 Å². The summed E-state index contributed by atoms with van der Waals surface area (Å²) in [6.07, 6.45) is -0.0648. The summed E-state index contributed by atoms with van der Waals surface area (Å²) >= 11 is 0. The van der Waals surface area contributed by atoms with E-state index in [1.807, 2.05) is 0 Å². The third-order valence-corrected chi connectivity index (χ3v) is 2.39. The Balaban J connectivity index is 4.27. The van der Waals surface area contributed by atoms with E-state index in [9.17, 15) is 9.59 Å². The molecule has 18 heavy (non-hydrogen) atoms. The van der Waals surface area contributed by atoms with Gasteiger partial charge in [0.15, 0.2) is 0 Å². The van der Waals surface area contributed by atoms with Crippen molar-refractivity contribution in [2.24, 2.45) is 0 Å². The van der Waals surface area contributed by atoms with Gasteiger partial charge in [-0.05, 0) is 0 Å². The lowest BCUT2D eigenvalue weighted by Crippen LogP contribution is -2.44. The second kappa shape index (κ2) is 9.67. The molecule has 0 unspecified atom stereocenters. The van der Waals surface area contributed by atoms with Crippen LogP contribution >= 0.6 is 0 Å². The molecular weight excluding hydrogens is 240 g/mol. The molecule has 0 radical (unpaired) electrons. The minimum absolute atomic E-state index is 0.0648. The number of nitrogens with zero attached hydrogens (tertiary/aromatic N) is 2. The van der Waals surface area contributed by atoms with Crippen LogP contribution in [0.1, 0.15) is 6.42 Å². The van der Waals surface area contributed by atoms with Crippen molar-refractivity contribution < 1.29 is 24.2 Å². The number of hydrogen-bond acceptors (Lipinski definition) is 4. The van der Waals surface area contributed by atoms with E-state index in [4.69, 9.17) is 14.6 Å². The number of amides is 2. The summed E-state index contributed by atoms with van der Waals surface area (Å²) in [4.78, 5) is 25.4. The predicted molar refractivity (Wildman–Crippen MR) is 65.6 cm³/mol. The lowest BCUT2D eigenvalue weighted by molar-refractivity contribution is -0.137. The normalized spacial score (nSPS) is 10.2. The summed E-state index contributed by atoms with van der Waals surface area (Å²) < 4.78 is 9.87. The van der Waals surface area contributed by atoms with Crippen LogP contribution in [0.25, 0.3) is 0 Å². The third kappa shape index (κ3) is 7.08. The van der Waals surface area contributed by atoms with E-state index in [0.717, 1.165) is 0 Å². The number of carbonyl (C=O) groups excluding carboxylic acids is 1. The van der Waals surface area contributed by atoms with Crippen molar-refractivity contribution in [2.75, 3.05) is 54.1 Å². The molecule has 0 saturated heterocycles. The maximum Gasteiger partial charge on any atom is 0.319 e. The van der Waals surface area contributed by atoms with Gasteiger partial charge in [-0.15, -0.1) is 0 Å². The Morgan fingerprint density at radius 1 is 1.06 bits per heavy atom. The monoisotopic (exact) mass is 262 g/mol. The van der Waals surface area contributed by atoms with Crippen molar-refractivity contribution in [1.29, 1.82) is 0 Å². The van der Waals surface area contributed by atoms with Gasteiger partial charge in [0.2, 0.25) is 0 Å². The van der Waals surface area contributed by atoms with E-state index in [0.29, 0.717) is 26.3 Å². The Morgan fingerprint density at radius 2 is 1.56 bits per heavy atom. The minimum atomic E-state index is -0.921. The van der Waals surface area contributed by atoms with Crippen molar-refractivity contribution in [3.63, 3.8) is 0 Å². The molecule has 0 bridgehead atoms. The van der Waals surface area contributed by atoms with Crippen LogP contribution in [0.3, 0.4) is 0 Å². The summed E-state index contributed by atoms with van der Waals surface area (Å²) in [5, 5.41) is 8.57. The fraction of sp³-hybridized carbons (Fsp3) is 0.818. The molecule has 106 valence electrons. The number of methoxy groups -OCH3 is 2. The van der Waals surface area contributed by atoms with Crippen molar-refractivity contribution in [2.45, 2.75) is 6.42 Å². The highest BCUT2D eigenvalue weighted by Gasteiger charge is 2.17. The number of carboxylic acid groups (broad SMARTS) is 1. The fourth-order valence-electron chi connectivity index (χ4n) is 1.31. The van der Waals surface area contributed by atoms with Gasteiger partial charge in [-0.3, -0.25) is 4.79 Å². The molecule has 7 heteroatoms. The molecule has 0 fully saturated rings. The molecule has 0 aliphatic rings. The quantitative estimate of drug-likeness (QED) is 0.638. The van der Waals surface area contributed by atoms with E-state index in [1.165, 1.54) is 4.90 Å².